The van der Waals surface area contributed by atoms with Crippen LogP contribution < -0.4 is 15.7 Å². The van der Waals surface area contributed by atoms with E-state index in [2.05, 4.69) is 5.32 Å². The van der Waals surface area contributed by atoms with Crippen molar-refractivity contribution in [1.29, 1.82) is 0 Å². The molecule has 1 amide bonds. The van der Waals surface area contributed by atoms with Gasteiger partial charge in [0.15, 0.2) is 6.61 Å². The summed E-state index contributed by atoms with van der Waals surface area (Å²) in [7, 11) is 0. The van der Waals surface area contributed by atoms with Crippen molar-refractivity contribution < 1.29 is 13.9 Å². The van der Waals surface area contributed by atoms with Crippen LogP contribution in [0.4, 0.5) is 5.69 Å². The molecule has 1 aliphatic rings. The van der Waals surface area contributed by atoms with Gasteiger partial charge in [-0.15, -0.1) is 0 Å². The number of hydrogen-bond acceptors (Lipinski definition) is 4. The highest BCUT2D eigenvalue weighted by Gasteiger charge is 2.20. The Hall–Kier alpha value is -3.60. The molecule has 0 atom stereocenters. The van der Waals surface area contributed by atoms with E-state index in [0.717, 1.165) is 64.2 Å². The topological polar surface area (TPSA) is 68.5 Å². The molecule has 1 N–H and O–H groups in total. The molecule has 1 aromatic heterocycles. The SMILES string of the molecule is Cc1c(OCC(=O)Nc2cccc3ccccc23)ccc2c3c(c(=O)oc12)CCCC3. The molecule has 0 aliphatic heterocycles. The summed E-state index contributed by atoms with van der Waals surface area (Å²) in [6.45, 7) is 1.73. The number of fused-ring (bicyclic) bond motifs is 4. The minimum absolute atomic E-state index is 0.134. The number of hydrogen-bond donors (Lipinski definition) is 1. The summed E-state index contributed by atoms with van der Waals surface area (Å²) in [4.78, 5) is 25.0. The van der Waals surface area contributed by atoms with Gasteiger partial charge in [-0.05, 0) is 61.8 Å². The van der Waals surface area contributed by atoms with E-state index in [0.29, 0.717) is 11.3 Å². The Bertz CT molecular complexity index is 1360. The fraction of sp³-hybridized carbons (Fsp3) is 0.231. The Morgan fingerprint density at radius 1 is 0.968 bits per heavy atom. The second-order valence-electron chi connectivity index (χ2n) is 7.98. The lowest BCUT2D eigenvalue weighted by Gasteiger charge is -2.18. The first-order valence-corrected chi connectivity index (χ1v) is 10.6. The zero-order valence-corrected chi connectivity index (χ0v) is 17.4. The minimum atomic E-state index is -0.254. The van der Waals surface area contributed by atoms with E-state index in [1.54, 1.807) is 0 Å². The molecule has 5 heteroatoms. The first-order chi connectivity index (χ1) is 15.1. The molecule has 1 heterocycles. The van der Waals surface area contributed by atoms with Crippen molar-refractivity contribution in [3.8, 4) is 5.75 Å². The number of carbonyl (C=O) groups excluding carboxylic acids is 1. The van der Waals surface area contributed by atoms with Crippen LogP contribution in [0.1, 0.15) is 29.5 Å². The normalized spacial score (nSPS) is 13.2. The van der Waals surface area contributed by atoms with Crippen molar-refractivity contribution in [3.05, 3.63) is 81.7 Å². The highest BCUT2D eigenvalue weighted by molar-refractivity contribution is 6.02. The van der Waals surface area contributed by atoms with Gasteiger partial charge in [-0.1, -0.05) is 36.4 Å². The third-order valence-electron chi connectivity index (χ3n) is 6.01. The van der Waals surface area contributed by atoms with Crippen molar-refractivity contribution in [3.63, 3.8) is 0 Å². The summed E-state index contributed by atoms with van der Waals surface area (Å²) in [6.07, 6.45) is 3.77. The van der Waals surface area contributed by atoms with Crippen molar-refractivity contribution in [2.24, 2.45) is 0 Å². The van der Waals surface area contributed by atoms with Crippen LogP contribution in [0.25, 0.3) is 21.7 Å². The molecule has 0 unspecified atom stereocenters. The van der Waals surface area contributed by atoms with Gasteiger partial charge in [0.2, 0.25) is 0 Å². The summed E-state index contributed by atoms with van der Waals surface area (Å²) < 4.78 is 11.4. The number of amides is 1. The number of anilines is 1. The van der Waals surface area contributed by atoms with E-state index >= 15 is 0 Å². The molecule has 156 valence electrons. The fourth-order valence-corrected chi connectivity index (χ4v) is 4.45. The molecule has 5 nitrogen and oxygen atoms in total. The zero-order valence-electron chi connectivity index (χ0n) is 17.4. The Kier molecular flexibility index (Phi) is 4.94. The van der Waals surface area contributed by atoms with Crippen molar-refractivity contribution in [2.45, 2.75) is 32.6 Å². The molecular weight excluding hydrogens is 390 g/mol. The summed E-state index contributed by atoms with van der Waals surface area (Å²) in [5.41, 5.74) is 3.69. The molecule has 0 bridgehead atoms. The molecular formula is C26H23NO4. The summed E-state index contributed by atoms with van der Waals surface area (Å²) in [5, 5.41) is 5.93. The highest BCUT2D eigenvalue weighted by atomic mass is 16.5. The van der Waals surface area contributed by atoms with Crippen LogP contribution in [-0.4, -0.2) is 12.5 Å². The van der Waals surface area contributed by atoms with E-state index in [1.165, 1.54) is 0 Å². The zero-order chi connectivity index (χ0) is 21.4. The molecule has 1 aliphatic carbocycles. The third-order valence-corrected chi connectivity index (χ3v) is 6.01. The number of ether oxygens (including phenoxy) is 1. The predicted molar refractivity (Wildman–Crippen MR) is 122 cm³/mol. The maximum atomic E-state index is 12.5. The first kappa shape index (κ1) is 19.4. The van der Waals surface area contributed by atoms with Gasteiger partial charge in [-0.2, -0.15) is 0 Å². The smallest absolute Gasteiger partial charge is 0.339 e. The number of carbonyl (C=O) groups is 1. The fourth-order valence-electron chi connectivity index (χ4n) is 4.45. The maximum absolute atomic E-state index is 12.5. The van der Waals surface area contributed by atoms with Gasteiger partial charge in [0, 0.05) is 27.6 Å². The molecule has 0 fully saturated rings. The van der Waals surface area contributed by atoms with Crippen LogP contribution in [0.3, 0.4) is 0 Å². The Balaban J connectivity index is 1.37. The maximum Gasteiger partial charge on any atom is 0.339 e. The van der Waals surface area contributed by atoms with Crippen molar-refractivity contribution in [2.75, 3.05) is 11.9 Å². The van der Waals surface area contributed by atoms with Crippen LogP contribution in [-0.2, 0) is 17.6 Å². The molecule has 31 heavy (non-hydrogen) atoms. The second-order valence-corrected chi connectivity index (χ2v) is 7.98. The minimum Gasteiger partial charge on any atom is -0.483 e. The van der Waals surface area contributed by atoms with Gasteiger partial charge in [0.25, 0.3) is 5.91 Å². The highest BCUT2D eigenvalue weighted by Crippen LogP contribution is 2.32. The average molecular weight is 413 g/mol. The van der Waals surface area contributed by atoms with Gasteiger partial charge in [-0.25, -0.2) is 4.79 Å². The van der Waals surface area contributed by atoms with E-state index in [1.807, 2.05) is 61.5 Å². The molecule has 0 radical (unpaired) electrons. The van der Waals surface area contributed by atoms with Gasteiger partial charge in [0.05, 0.1) is 0 Å². The average Bonchev–Trinajstić information content (AvgIpc) is 2.80. The van der Waals surface area contributed by atoms with E-state index in [4.69, 9.17) is 9.15 Å². The molecule has 3 aromatic carbocycles. The number of nitrogens with one attached hydrogen (secondary N) is 1. The van der Waals surface area contributed by atoms with E-state index in [9.17, 15) is 9.59 Å². The lowest BCUT2D eigenvalue weighted by Crippen LogP contribution is -2.20. The lowest BCUT2D eigenvalue weighted by atomic mass is 9.90. The Morgan fingerprint density at radius 3 is 2.61 bits per heavy atom. The van der Waals surface area contributed by atoms with E-state index in [-0.39, 0.29) is 18.1 Å². The lowest BCUT2D eigenvalue weighted by molar-refractivity contribution is -0.118. The molecule has 4 aromatic rings. The largest absolute Gasteiger partial charge is 0.483 e. The van der Waals surface area contributed by atoms with Crippen LogP contribution in [0.15, 0.2) is 63.8 Å². The van der Waals surface area contributed by atoms with Gasteiger partial charge in [0.1, 0.15) is 11.3 Å². The number of aryl methyl sites for hydroxylation is 2. The van der Waals surface area contributed by atoms with E-state index < -0.39 is 0 Å². The summed E-state index contributed by atoms with van der Waals surface area (Å²) in [6, 6.07) is 17.5. The monoisotopic (exact) mass is 413 g/mol. The predicted octanol–water partition coefficient (Wildman–Crippen LogP) is 5.15. The second kappa shape index (κ2) is 7.91. The summed E-state index contributed by atoms with van der Waals surface area (Å²) in [5.74, 6) is 0.294. The first-order valence-electron chi connectivity index (χ1n) is 10.6. The quantitative estimate of drug-likeness (QED) is 0.470. The number of benzene rings is 3. The Morgan fingerprint density at radius 2 is 1.74 bits per heavy atom. The van der Waals surface area contributed by atoms with Crippen molar-refractivity contribution >= 4 is 33.3 Å². The number of rotatable bonds is 4. The van der Waals surface area contributed by atoms with Crippen LogP contribution >= 0.6 is 0 Å². The van der Waals surface area contributed by atoms with Gasteiger partial charge >= 0.3 is 5.63 Å². The van der Waals surface area contributed by atoms with Gasteiger partial charge in [-0.3, -0.25) is 4.79 Å². The molecule has 0 saturated carbocycles. The van der Waals surface area contributed by atoms with Crippen molar-refractivity contribution in [1.82, 2.24) is 0 Å². The van der Waals surface area contributed by atoms with Crippen LogP contribution in [0, 0.1) is 6.92 Å². The third kappa shape index (κ3) is 3.56. The summed E-state index contributed by atoms with van der Waals surface area (Å²) >= 11 is 0. The molecule has 0 saturated heterocycles. The standard InChI is InChI=1S/C26H23NO4/c1-16-23(14-13-20-19-10-4-5-11-21(19)26(29)31-25(16)20)30-15-24(28)27-22-12-6-8-17-7-2-3-9-18(17)22/h2-3,6-9,12-14H,4-5,10-11,15H2,1H3,(H,27,28). The van der Waals surface area contributed by atoms with Crippen LogP contribution in [0.5, 0.6) is 5.75 Å². The molecule has 5 rings (SSSR count). The molecule has 0 spiro atoms. The van der Waals surface area contributed by atoms with Crippen LogP contribution in [0.2, 0.25) is 0 Å². The Labute approximate surface area is 179 Å². The van der Waals surface area contributed by atoms with Gasteiger partial charge < -0.3 is 14.5 Å².